The van der Waals surface area contributed by atoms with Crippen molar-refractivity contribution in [2.24, 2.45) is 5.92 Å². The molecule has 0 aromatic heterocycles. The molecule has 0 fully saturated rings. The number of rotatable bonds is 4. The van der Waals surface area contributed by atoms with Crippen LogP contribution in [0, 0.1) is 12.8 Å². The minimum atomic E-state index is -0.966. The van der Waals surface area contributed by atoms with Crippen molar-refractivity contribution in [3.05, 3.63) is 29.8 Å². The minimum absolute atomic E-state index is 0.155. The number of carbonyl (C=O) groups is 2. The predicted octanol–water partition coefficient (Wildman–Crippen LogP) is 2.04. The van der Waals surface area contributed by atoms with Crippen molar-refractivity contribution in [2.75, 3.05) is 5.32 Å². The van der Waals surface area contributed by atoms with Gasteiger partial charge in [0.1, 0.15) is 0 Å². The number of hydrogen-bond acceptors (Lipinski definition) is 2. The summed E-state index contributed by atoms with van der Waals surface area (Å²) in [4.78, 5) is 22.0. The van der Waals surface area contributed by atoms with E-state index in [1.54, 1.807) is 13.0 Å². The van der Waals surface area contributed by atoms with Crippen molar-refractivity contribution in [2.45, 2.75) is 20.3 Å². The summed E-state index contributed by atoms with van der Waals surface area (Å²) in [5.74, 6) is -1.77. The maximum Gasteiger partial charge on any atom is 0.304 e. The number of benzene rings is 1. The number of aryl methyl sites for hydroxylation is 1. The summed E-state index contributed by atoms with van der Waals surface area (Å²) in [6.07, 6.45) is -0.155. The molecule has 0 spiro atoms. The Bertz CT molecular complexity index is 401. The molecule has 4 heteroatoms. The smallest absolute Gasteiger partial charge is 0.304 e. The fourth-order valence-corrected chi connectivity index (χ4v) is 1.34. The minimum Gasteiger partial charge on any atom is -0.481 e. The van der Waals surface area contributed by atoms with Gasteiger partial charge in [-0.3, -0.25) is 9.59 Å². The van der Waals surface area contributed by atoms with E-state index in [0.29, 0.717) is 5.69 Å². The van der Waals surface area contributed by atoms with E-state index < -0.39 is 11.9 Å². The van der Waals surface area contributed by atoms with Crippen molar-refractivity contribution in [1.82, 2.24) is 0 Å². The van der Waals surface area contributed by atoms with Gasteiger partial charge in [-0.15, -0.1) is 0 Å². The zero-order valence-corrected chi connectivity index (χ0v) is 9.36. The molecule has 1 aromatic rings. The molecule has 0 saturated carbocycles. The quantitative estimate of drug-likeness (QED) is 0.817. The second-order valence-electron chi connectivity index (χ2n) is 3.86. The number of carboxylic acids is 1. The van der Waals surface area contributed by atoms with Gasteiger partial charge in [-0.25, -0.2) is 0 Å². The molecule has 0 aliphatic heterocycles. The zero-order chi connectivity index (χ0) is 12.1. The number of aliphatic carboxylic acids is 1. The first-order valence-corrected chi connectivity index (χ1v) is 5.08. The molecule has 1 aromatic carbocycles. The fraction of sp³-hybridized carbons (Fsp3) is 0.333. The topological polar surface area (TPSA) is 66.4 Å². The Balaban J connectivity index is 2.60. The summed E-state index contributed by atoms with van der Waals surface area (Å²) in [6, 6.07) is 7.38. The summed E-state index contributed by atoms with van der Waals surface area (Å²) in [7, 11) is 0. The average molecular weight is 221 g/mol. The second-order valence-corrected chi connectivity index (χ2v) is 3.86. The highest BCUT2D eigenvalue weighted by Crippen LogP contribution is 2.12. The highest BCUT2D eigenvalue weighted by Gasteiger charge is 2.16. The first kappa shape index (κ1) is 12.2. The molecule has 86 valence electrons. The number of anilines is 1. The molecule has 16 heavy (non-hydrogen) atoms. The van der Waals surface area contributed by atoms with Crippen molar-refractivity contribution < 1.29 is 14.7 Å². The van der Waals surface area contributed by atoms with Crippen LogP contribution in [0.1, 0.15) is 18.9 Å². The van der Waals surface area contributed by atoms with E-state index in [1.807, 2.05) is 25.1 Å². The van der Waals surface area contributed by atoms with E-state index in [1.165, 1.54) is 0 Å². The van der Waals surface area contributed by atoms with Crippen LogP contribution in [0.2, 0.25) is 0 Å². The van der Waals surface area contributed by atoms with Crippen LogP contribution in [-0.2, 0) is 9.59 Å². The third-order valence-corrected chi connectivity index (χ3v) is 2.21. The average Bonchev–Trinajstić information content (AvgIpc) is 2.16. The highest BCUT2D eigenvalue weighted by molar-refractivity contribution is 5.94. The van der Waals surface area contributed by atoms with Crippen LogP contribution in [0.4, 0.5) is 5.69 Å². The molecule has 4 nitrogen and oxygen atoms in total. The summed E-state index contributed by atoms with van der Waals surface area (Å²) < 4.78 is 0. The normalized spacial score (nSPS) is 11.9. The SMILES string of the molecule is Cc1cccc(NC(=O)C(C)CC(=O)O)c1. The Morgan fingerprint density at radius 1 is 1.44 bits per heavy atom. The largest absolute Gasteiger partial charge is 0.481 e. The van der Waals surface area contributed by atoms with Crippen molar-refractivity contribution in [3.8, 4) is 0 Å². The van der Waals surface area contributed by atoms with Crippen molar-refractivity contribution in [1.29, 1.82) is 0 Å². The predicted molar refractivity (Wildman–Crippen MR) is 61.2 cm³/mol. The maximum atomic E-state index is 11.6. The Hall–Kier alpha value is -1.84. The van der Waals surface area contributed by atoms with Crippen LogP contribution in [0.25, 0.3) is 0 Å². The van der Waals surface area contributed by atoms with Gasteiger partial charge in [-0.05, 0) is 24.6 Å². The van der Waals surface area contributed by atoms with E-state index in [-0.39, 0.29) is 12.3 Å². The fourth-order valence-electron chi connectivity index (χ4n) is 1.34. The zero-order valence-electron chi connectivity index (χ0n) is 9.36. The molecule has 1 atom stereocenters. The van der Waals surface area contributed by atoms with E-state index in [9.17, 15) is 9.59 Å². The Kier molecular flexibility index (Phi) is 4.05. The van der Waals surface area contributed by atoms with Crippen LogP contribution < -0.4 is 5.32 Å². The van der Waals surface area contributed by atoms with E-state index in [2.05, 4.69) is 5.32 Å². The lowest BCUT2D eigenvalue weighted by molar-refractivity contribution is -0.139. The Morgan fingerprint density at radius 2 is 2.12 bits per heavy atom. The lowest BCUT2D eigenvalue weighted by atomic mass is 10.1. The Morgan fingerprint density at radius 3 is 2.69 bits per heavy atom. The van der Waals surface area contributed by atoms with Crippen LogP contribution in [0.3, 0.4) is 0 Å². The summed E-state index contributed by atoms with van der Waals surface area (Å²) in [5.41, 5.74) is 1.74. The van der Waals surface area contributed by atoms with Gasteiger partial charge < -0.3 is 10.4 Å². The summed E-state index contributed by atoms with van der Waals surface area (Å²) in [6.45, 7) is 3.52. The van der Waals surface area contributed by atoms with Crippen LogP contribution in [-0.4, -0.2) is 17.0 Å². The van der Waals surface area contributed by atoms with Crippen LogP contribution in [0.15, 0.2) is 24.3 Å². The van der Waals surface area contributed by atoms with Crippen molar-refractivity contribution in [3.63, 3.8) is 0 Å². The molecule has 2 N–H and O–H groups in total. The first-order chi connectivity index (χ1) is 7.49. The third kappa shape index (κ3) is 3.73. The molecule has 1 amide bonds. The first-order valence-electron chi connectivity index (χ1n) is 5.08. The Labute approximate surface area is 94.3 Å². The number of nitrogens with one attached hydrogen (secondary N) is 1. The monoisotopic (exact) mass is 221 g/mol. The van der Waals surface area contributed by atoms with E-state index >= 15 is 0 Å². The van der Waals surface area contributed by atoms with E-state index in [4.69, 9.17) is 5.11 Å². The lowest BCUT2D eigenvalue weighted by Crippen LogP contribution is -2.22. The number of carbonyl (C=O) groups excluding carboxylic acids is 1. The lowest BCUT2D eigenvalue weighted by Gasteiger charge is -2.10. The van der Waals surface area contributed by atoms with E-state index in [0.717, 1.165) is 5.56 Å². The molecule has 0 heterocycles. The molecule has 1 rings (SSSR count). The van der Waals surface area contributed by atoms with Crippen LogP contribution >= 0.6 is 0 Å². The van der Waals surface area contributed by atoms with Gasteiger partial charge in [0.25, 0.3) is 0 Å². The third-order valence-electron chi connectivity index (χ3n) is 2.21. The molecular formula is C12H15NO3. The molecule has 0 saturated heterocycles. The van der Waals surface area contributed by atoms with Crippen LogP contribution in [0.5, 0.6) is 0 Å². The van der Waals surface area contributed by atoms with Gasteiger partial charge >= 0.3 is 5.97 Å². The maximum absolute atomic E-state index is 11.6. The molecule has 0 bridgehead atoms. The number of carboxylic acid groups (broad SMARTS) is 1. The second kappa shape index (κ2) is 5.30. The molecule has 0 aliphatic carbocycles. The van der Waals surface area contributed by atoms with Gasteiger partial charge in [-0.1, -0.05) is 19.1 Å². The molecular weight excluding hydrogens is 206 g/mol. The van der Waals surface area contributed by atoms with Gasteiger partial charge in [0.05, 0.1) is 6.42 Å². The van der Waals surface area contributed by atoms with Gasteiger partial charge in [-0.2, -0.15) is 0 Å². The summed E-state index contributed by atoms with van der Waals surface area (Å²) >= 11 is 0. The van der Waals surface area contributed by atoms with Crippen molar-refractivity contribution >= 4 is 17.6 Å². The molecule has 0 radical (unpaired) electrons. The van der Waals surface area contributed by atoms with Gasteiger partial charge in [0.2, 0.25) is 5.91 Å². The number of amides is 1. The summed E-state index contributed by atoms with van der Waals surface area (Å²) in [5, 5.41) is 11.2. The standard InChI is InChI=1S/C12H15NO3/c1-8-4-3-5-10(6-8)13-12(16)9(2)7-11(14)15/h3-6,9H,7H2,1-2H3,(H,13,16)(H,14,15). The number of hydrogen-bond donors (Lipinski definition) is 2. The van der Waals surface area contributed by atoms with Gasteiger partial charge in [0.15, 0.2) is 0 Å². The van der Waals surface area contributed by atoms with Gasteiger partial charge in [0, 0.05) is 11.6 Å². The highest BCUT2D eigenvalue weighted by atomic mass is 16.4. The molecule has 0 aliphatic rings. The molecule has 1 unspecified atom stereocenters.